The van der Waals surface area contributed by atoms with Gasteiger partial charge in [0.1, 0.15) is 0 Å². The molecule has 0 bridgehead atoms. The quantitative estimate of drug-likeness (QED) is 0.739. The van der Waals surface area contributed by atoms with Crippen LogP contribution in [-0.4, -0.2) is 46.5 Å². The van der Waals surface area contributed by atoms with Crippen molar-refractivity contribution in [1.82, 2.24) is 20.4 Å². The summed E-state index contributed by atoms with van der Waals surface area (Å²) in [5.74, 6) is -0.0206. The lowest BCUT2D eigenvalue weighted by atomic mass is 10.1. The van der Waals surface area contributed by atoms with Crippen LogP contribution in [0.5, 0.6) is 0 Å². The highest BCUT2D eigenvalue weighted by atomic mass is 16.3. The molecule has 1 aromatic carbocycles. The highest BCUT2D eigenvalue weighted by Gasteiger charge is 2.25. The molecule has 1 amide bonds. The summed E-state index contributed by atoms with van der Waals surface area (Å²) >= 11 is 0. The predicted octanol–water partition coefficient (Wildman–Crippen LogP) is 0.242. The standard InChI is InChI=1S/C16H20N4O2/c21-15-10-17-8-14(15)9-18-16(22)13-4-2-12(3-5-13)11-20-7-1-6-19-20/h1-7,14-15,17,21H,8-11H2,(H,18,22). The Bertz CT molecular complexity index is 610. The van der Waals surface area contributed by atoms with Gasteiger partial charge in [0.15, 0.2) is 0 Å². The summed E-state index contributed by atoms with van der Waals surface area (Å²) < 4.78 is 1.84. The number of aromatic nitrogens is 2. The normalized spacial score (nSPS) is 21.0. The molecule has 0 radical (unpaired) electrons. The van der Waals surface area contributed by atoms with E-state index in [1.807, 2.05) is 41.2 Å². The van der Waals surface area contributed by atoms with Gasteiger partial charge in [-0.2, -0.15) is 5.10 Å². The lowest BCUT2D eigenvalue weighted by Crippen LogP contribution is -2.34. The van der Waals surface area contributed by atoms with Gasteiger partial charge in [-0.05, 0) is 23.8 Å². The Balaban J connectivity index is 1.54. The molecule has 2 unspecified atom stereocenters. The fourth-order valence-corrected chi connectivity index (χ4v) is 2.60. The molecule has 0 aliphatic carbocycles. The van der Waals surface area contributed by atoms with E-state index in [0.717, 1.165) is 12.1 Å². The molecule has 1 aliphatic rings. The number of hydrogen-bond acceptors (Lipinski definition) is 4. The average molecular weight is 300 g/mol. The van der Waals surface area contributed by atoms with Gasteiger partial charge in [-0.1, -0.05) is 12.1 Å². The number of amides is 1. The van der Waals surface area contributed by atoms with Crippen LogP contribution in [0.3, 0.4) is 0 Å². The topological polar surface area (TPSA) is 79.2 Å². The molecule has 2 aromatic rings. The fourth-order valence-electron chi connectivity index (χ4n) is 2.60. The van der Waals surface area contributed by atoms with Crippen molar-refractivity contribution in [2.75, 3.05) is 19.6 Å². The van der Waals surface area contributed by atoms with Crippen LogP contribution in [0.4, 0.5) is 0 Å². The minimum absolute atomic E-state index is 0.0861. The van der Waals surface area contributed by atoms with Crippen molar-refractivity contribution in [2.24, 2.45) is 5.92 Å². The van der Waals surface area contributed by atoms with Gasteiger partial charge < -0.3 is 15.7 Å². The van der Waals surface area contributed by atoms with Crippen LogP contribution in [-0.2, 0) is 6.54 Å². The molecule has 6 nitrogen and oxygen atoms in total. The number of β-amino-alcohol motifs (C(OH)–C–C–N with tert-alkyl or cyclic N) is 1. The molecule has 0 saturated carbocycles. The molecule has 0 spiro atoms. The molecule has 6 heteroatoms. The van der Waals surface area contributed by atoms with Gasteiger partial charge >= 0.3 is 0 Å². The van der Waals surface area contributed by atoms with E-state index >= 15 is 0 Å². The highest BCUT2D eigenvalue weighted by molar-refractivity contribution is 5.94. The van der Waals surface area contributed by atoms with Crippen molar-refractivity contribution in [1.29, 1.82) is 0 Å². The minimum atomic E-state index is -0.378. The second kappa shape index (κ2) is 6.72. The largest absolute Gasteiger partial charge is 0.391 e. The lowest BCUT2D eigenvalue weighted by molar-refractivity contribution is 0.0927. The zero-order valence-electron chi connectivity index (χ0n) is 12.3. The van der Waals surface area contributed by atoms with E-state index in [1.54, 1.807) is 6.20 Å². The molecular weight excluding hydrogens is 280 g/mol. The van der Waals surface area contributed by atoms with E-state index in [9.17, 15) is 9.90 Å². The highest BCUT2D eigenvalue weighted by Crippen LogP contribution is 2.09. The molecule has 3 rings (SSSR count). The molecule has 2 atom stereocenters. The molecule has 1 fully saturated rings. The predicted molar refractivity (Wildman–Crippen MR) is 82.5 cm³/mol. The third kappa shape index (κ3) is 3.52. The van der Waals surface area contributed by atoms with Crippen LogP contribution >= 0.6 is 0 Å². The SMILES string of the molecule is O=C(NCC1CNCC1O)c1ccc(Cn2cccn2)cc1. The molecule has 3 N–H and O–H groups in total. The second-order valence-electron chi connectivity index (χ2n) is 5.60. The van der Waals surface area contributed by atoms with Crippen LogP contribution in [0.25, 0.3) is 0 Å². The van der Waals surface area contributed by atoms with E-state index in [0.29, 0.717) is 25.2 Å². The van der Waals surface area contributed by atoms with E-state index in [1.165, 1.54) is 0 Å². The Kier molecular flexibility index (Phi) is 4.50. The molecule has 116 valence electrons. The van der Waals surface area contributed by atoms with Crippen molar-refractivity contribution in [3.63, 3.8) is 0 Å². The van der Waals surface area contributed by atoms with E-state index < -0.39 is 0 Å². The van der Waals surface area contributed by atoms with Crippen LogP contribution in [0, 0.1) is 5.92 Å². The Labute approximate surface area is 129 Å². The van der Waals surface area contributed by atoms with Gasteiger partial charge in [0, 0.05) is 43.5 Å². The summed E-state index contributed by atoms with van der Waals surface area (Å²) in [5, 5.41) is 19.9. The summed E-state index contributed by atoms with van der Waals surface area (Å²) in [6.07, 6.45) is 3.27. The summed E-state index contributed by atoms with van der Waals surface area (Å²) in [4.78, 5) is 12.1. The molecule has 1 aliphatic heterocycles. The average Bonchev–Trinajstić information content (AvgIpc) is 3.17. The summed E-state index contributed by atoms with van der Waals surface area (Å²) in [6.45, 7) is 2.52. The zero-order chi connectivity index (χ0) is 15.4. The summed E-state index contributed by atoms with van der Waals surface area (Å²) in [6, 6.07) is 9.38. The number of nitrogens with one attached hydrogen (secondary N) is 2. The lowest BCUT2D eigenvalue weighted by Gasteiger charge is -2.14. The molecule has 1 saturated heterocycles. The third-order valence-electron chi connectivity index (χ3n) is 3.95. The van der Waals surface area contributed by atoms with E-state index in [-0.39, 0.29) is 17.9 Å². The van der Waals surface area contributed by atoms with E-state index in [2.05, 4.69) is 15.7 Å². The maximum atomic E-state index is 12.1. The third-order valence-corrected chi connectivity index (χ3v) is 3.95. The first-order valence-corrected chi connectivity index (χ1v) is 7.46. The number of hydrogen-bond donors (Lipinski definition) is 3. The number of aliphatic hydroxyl groups excluding tert-OH is 1. The zero-order valence-corrected chi connectivity index (χ0v) is 12.3. The van der Waals surface area contributed by atoms with Gasteiger partial charge in [0.05, 0.1) is 12.6 Å². The Hall–Kier alpha value is -2.18. The monoisotopic (exact) mass is 300 g/mol. The maximum absolute atomic E-state index is 12.1. The first-order valence-electron chi connectivity index (χ1n) is 7.46. The van der Waals surface area contributed by atoms with Gasteiger partial charge in [-0.15, -0.1) is 0 Å². The number of rotatable bonds is 5. The number of benzene rings is 1. The van der Waals surface area contributed by atoms with E-state index in [4.69, 9.17) is 0 Å². The molecular formula is C16H20N4O2. The number of nitrogens with zero attached hydrogens (tertiary/aromatic N) is 2. The number of aliphatic hydroxyl groups is 1. The Morgan fingerprint density at radius 2 is 2.18 bits per heavy atom. The van der Waals surface area contributed by atoms with Crippen LogP contribution in [0.1, 0.15) is 15.9 Å². The molecule has 22 heavy (non-hydrogen) atoms. The molecule has 1 aromatic heterocycles. The van der Waals surface area contributed by atoms with Crippen LogP contribution < -0.4 is 10.6 Å². The van der Waals surface area contributed by atoms with Gasteiger partial charge in [-0.3, -0.25) is 9.48 Å². The second-order valence-corrected chi connectivity index (χ2v) is 5.60. The van der Waals surface area contributed by atoms with Gasteiger partial charge in [0.25, 0.3) is 5.91 Å². The summed E-state index contributed by atoms with van der Waals surface area (Å²) in [7, 11) is 0. The maximum Gasteiger partial charge on any atom is 0.251 e. The van der Waals surface area contributed by atoms with Crippen molar-refractivity contribution in [3.05, 3.63) is 53.9 Å². The van der Waals surface area contributed by atoms with Crippen molar-refractivity contribution >= 4 is 5.91 Å². The van der Waals surface area contributed by atoms with Crippen molar-refractivity contribution < 1.29 is 9.90 Å². The Morgan fingerprint density at radius 1 is 1.36 bits per heavy atom. The van der Waals surface area contributed by atoms with Crippen molar-refractivity contribution in [3.8, 4) is 0 Å². The smallest absolute Gasteiger partial charge is 0.251 e. The first-order chi connectivity index (χ1) is 10.7. The number of carbonyl (C=O) groups is 1. The first kappa shape index (κ1) is 14.7. The van der Waals surface area contributed by atoms with Gasteiger partial charge in [0.2, 0.25) is 0 Å². The number of carbonyl (C=O) groups excluding carboxylic acids is 1. The summed E-state index contributed by atoms with van der Waals surface area (Å²) in [5.41, 5.74) is 1.72. The molecule has 2 heterocycles. The van der Waals surface area contributed by atoms with Crippen molar-refractivity contribution in [2.45, 2.75) is 12.6 Å². The minimum Gasteiger partial charge on any atom is -0.391 e. The Morgan fingerprint density at radius 3 is 2.82 bits per heavy atom. The van der Waals surface area contributed by atoms with Crippen LogP contribution in [0.2, 0.25) is 0 Å². The van der Waals surface area contributed by atoms with Gasteiger partial charge in [-0.25, -0.2) is 0 Å². The van der Waals surface area contributed by atoms with Crippen LogP contribution in [0.15, 0.2) is 42.7 Å². The fraction of sp³-hybridized carbons (Fsp3) is 0.375.